The fourth-order valence-electron chi connectivity index (χ4n) is 2.51. The zero-order chi connectivity index (χ0) is 15.9. The Kier molecular flexibility index (Phi) is 5.96. The summed E-state index contributed by atoms with van der Waals surface area (Å²) in [6, 6.07) is 11.3. The maximum atomic E-state index is 12.0. The van der Waals surface area contributed by atoms with Crippen LogP contribution in [0.5, 0.6) is 0 Å². The van der Waals surface area contributed by atoms with Gasteiger partial charge in [0.05, 0.1) is 0 Å². The van der Waals surface area contributed by atoms with Crippen LogP contribution in [0.1, 0.15) is 38.2 Å². The molecule has 1 amide bonds. The Hall–Kier alpha value is -1.87. The summed E-state index contributed by atoms with van der Waals surface area (Å²) in [5, 5.41) is 3.52. The van der Waals surface area contributed by atoms with Crippen LogP contribution in [-0.2, 0) is 11.3 Å². The highest BCUT2D eigenvalue weighted by Crippen LogP contribution is 2.21. The van der Waals surface area contributed by atoms with E-state index in [2.05, 4.69) is 31.3 Å². The van der Waals surface area contributed by atoms with Gasteiger partial charge in [-0.25, -0.2) is 0 Å². The predicted octanol–water partition coefficient (Wildman–Crippen LogP) is 4.17. The summed E-state index contributed by atoms with van der Waals surface area (Å²) < 4.78 is 1.89. The molecule has 0 saturated heterocycles. The molecule has 0 fully saturated rings. The van der Waals surface area contributed by atoms with Crippen molar-refractivity contribution in [3.63, 3.8) is 0 Å². The molecule has 0 atom stereocenters. The normalized spacial score (nSPS) is 10.7. The SMILES string of the molecule is CCC(CC)c1cc[n+](CC(=O)Nc2ccc(Cl)cc2)cc1. The maximum absolute atomic E-state index is 12.0. The van der Waals surface area contributed by atoms with Crippen molar-refractivity contribution in [1.29, 1.82) is 0 Å². The van der Waals surface area contributed by atoms with Crippen LogP contribution in [0, 0.1) is 0 Å². The molecule has 0 unspecified atom stereocenters. The summed E-state index contributed by atoms with van der Waals surface area (Å²) in [5.41, 5.74) is 2.09. The lowest BCUT2D eigenvalue weighted by Gasteiger charge is -2.11. The Bertz CT molecular complexity index is 604. The van der Waals surface area contributed by atoms with Crippen molar-refractivity contribution in [2.45, 2.75) is 39.2 Å². The number of pyridine rings is 1. The van der Waals surface area contributed by atoms with Crippen LogP contribution >= 0.6 is 11.6 Å². The monoisotopic (exact) mass is 317 g/mol. The van der Waals surface area contributed by atoms with Crippen molar-refractivity contribution in [1.82, 2.24) is 0 Å². The number of benzene rings is 1. The van der Waals surface area contributed by atoms with Crippen LogP contribution in [0.2, 0.25) is 5.02 Å². The lowest BCUT2D eigenvalue weighted by Crippen LogP contribution is -2.39. The topological polar surface area (TPSA) is 33.0 Å². The molecule has 0 saturated carbocycles. The molecule has 2 rings (SSSR count). The van der Waals surface area contributed by atoms with Crippen molar-refractivity contribution >= 4 is 23.2 Å². The van der Waals surface area contributed by atoms with Crippen molar-refractivity contribution in [3.05, 3.63) is 59.4 Å². The van der Waals surface area contributed by atoms with Crippen LogP contribution in [0.4, 0.5) is 5.69 Å². The van der Waals surface area contributed by atoms with E-state index in [1.807, 2.05) is 17.0 Å². The van der Waals surface area contributed by atoms with E-state index in [-0.39, 0.29) is 5.91 Å². The van der Waals surface area contributed by atoms with Crippen LogP contribution in [0.15, 0.2) is 48.8 Å². The summed E-state index contributed by atoms with van der Waals surface area (Å²) >= 11 is 5.83. The Balaban J connectivity index is 1.95. The number of hydrogen-bond acceptors (Lipinski definition) is 1. The van der Waals surface area contributed by atoms with Gasteiger partial charge in [0.2, 0.25) is 6.54 Å². The maximum Gasteiger partial charge on any atom is 0.290 e. The summed E-state index contributed by atoms with van der Waals surface area (Å²) in [6.45, 7) is 4.70. The van der Waals surface area contributed by atoms with Gasteiger partial charge in [0.15, 0.2) is 12.4 Å². The molecule has 116 valence electrons. The van der Waals surface area contributed by atoms with Gasteiger partial charge in [-0.1, -0.05) is 25.4 Å². The summed E-state index contributed by atoms with van der Waals surface area (Å²) in [4.78, 5) is 12.0. The van der Waals surface area contributed by atoms with Crippen LogP contribution in [0.25, 0.3) is 0 Å². The van der Waals surface area contributed by atoms with E-state index in [0.29, 0.717) is 17.5 Å². The first-order valence-electron chi connectivity index (χ1n) is 7.66. The molecule has 1 aromatic heterocycles. The average Bonchev–Trinajstić information content (AvgIpc) is 2.52. The Morgan fingerprint density at radius 2 is 1.68 bits per heavy atom. The van der Waals surface area contributed by atoms with Gasteiger partial charge in [0, 0.05) is 22.8 Å². The quantitative estimate of drug-likeness (QED) is 0.797. The van der Waals surface area contributed by atoms with E-state index < -0.39 is 0 Å². The molecular weight excluding hydrogens is 296 g/mol. The van der Waals surface area contributed by atoms with E-state index in [9.17, 15) is 4.79 Å². The second-order valence-corrected chi connectivity index (χ2v) is 5.81. The van der Waals surface area contributed by atoms with Gasteiger partial charge < -0.3 is 5.32 Å². The minimum Gasteiger partial charge on any atom is -0.321 e. The first kappa shape index (κ1) is 16.5. The minimum atomic E-state index is -0.0531. The van der Waals surface area contributed by atoms with Crippen LogP contribution in [-0.4, -0.2) is 5.91 Å². The lowest BCUT2D eigenvalue weighted by atomic mass is 9.95. The van der Waals surface area contributed by atoms with Gasteiger partial charge in [0.25, 0.3) is 5.91 Å². The number of anilines is 1. The third kappa shape index (κ3) is 4.57. The largest absolute Gasteiger partial charge is 0.321 e. The predicted molar refractivity (Wildman–Crippen MR) is 90.0 cm³/mol. The number of nitrogens with zero attached hydrogens (tertiary/aromatic N) is 1. The fourth-order valence-corrected chi connectivity index (χ4v) is 2.63. The number of carbonyl (C=O) groups is 1. The number of nitrogens with one attached hydrogen (secondary N) is 1. The highest BCUT2D eigenvalue weighted by atomic mass is 35.5. The standard InChI is InChI=1S/C18H21ClN2O/c1-3-14(4-2)15-9-11-21(12-10-15)13-18(22)20-17-7-5-16(19)6-8-17/h5-12,14H,3-4,13H2,1-2H3/p+1. The number of aromatic nitrogens is 1. The highest BCUT2D eigenvalue weighted by Gasteiger charge is 2.12. The van der Waals surface area contributed by atoms with Crippen molar-refractivity contribution in [2.75, 3.05) is 5.32 Å². The second-order valence-electron chi connectivity index (χ2n) is 5.37. The molecule has 0 spiro atoms. The number of carbonyl (C=O) groups excluding carboxylic acids is 1. The van der Waals surface area contributed by atoms with E-state index in [1.54, 1.807) is 24.3 Å². The minimum absolute atomic E-state index is 0.0531. The molecular formula is C18H22ClN2O+. The molecule has 0 radical (unpaired) electrons. The van der Waals surface area contributed by atoms with E-state index in [0.717, 1.165) is 18.5 Å². The fraction of sp³-hybridized carbons (Fsp3) is 0.333. The molecule has 3 nitrogen and oxygen atoms in total. The number of rotatable bonds is 6. The molecule has 0 aliphatic carbocycles. The molecule has 2 aromatic rings. The van der Waals surface area contributed by atoms with Gasteiger partial charge in [0.1, 0.15) is 0 Å². The molecule has 1 heterocycles. The zero-order valence-electron chi connectivity index (χ0n) is 13.1. The lowest BCUT2D eigenvalue weighted by molar-refractivity contribution is -0.684. The third-order valence-corrected chi connectivity index (χ3v) is 4.08. The van der Waals surface area contributed by atoms with Gasteiger partial charge in [-0.05, 0) is 48.6 Å². The molecule has 0 bridgehead atoms. The number of amides is 1. The van der Waals surface area contributed by atoms with Crippen molar-refractivity contribution < 1.29 is 9.36 Å². The molecule has 1 aromatic carbocycles. The zero-order valence-corrected chi connectivity index (χ0v) is 13.8. The smallest absolute Gasteiger partial charge is 0.290 e. The van der Waals surface area contributed by atoms with E-state index in [4.69, 9.17) is 11.6 Å². The Morgan fingerprint density at radius 1 is 1.09 bits per heavy atom. The van der Waals surface area contributed by atoms with E-state index in [1.165, 1.54) is 5.56 Å². The van der Waals surface area contributed by atoms with Crippen molar-refractivity contribution in [3.8, 4) is 0 Å². The molecule has 0 aliphatic heterocycles. The number of halogens is 1. The van der Waals surface area contributed by atoms with Gasteiger partial charge >= 0.3 is 0 Å². The Morgan fingerprint density at radius 3 is 2.23 bits per heavy atom. The summed E-state index contributed by atoms with van der Waals surface area (Å²) in [7, 11) is 0. The highest BCUT2D eigenvalue weighted by molar-refractivity contribution is 6.30. The van der Waals surface area contributed by atoms with Crippen molar-refractivity contribution in [2.24, 2.45) is 0 Å². The number of hydrogen-bond donors (Lipinski definition) is 1. The van der Waals surface area contributed by atoms with Gasteiger partial charge in [-0.3, -0.25) is 4.79 Å². The summed E-state index contributed by atoms with van der Waals surface area (Å²) in [5.74, 6) is 0.542. The van der Waals surface area contributed by atoms with Crippen LogP contribution in [0.3, 0.4) is 0 Å². The molecule has 1 N–H and O–H groups in total. The molecule has 0 aliphatic rings. The summed E-state index contributed by atoms with van der Waals surface area (Å²) in [6.07, 6.45) is 6.21. The first-order valence-corrected chi connectivity index (χ1v) is 8.04. The third-order valence-electron chi connectivity index (χ3n) is 3.83. The molecule has 4 heteroatoms. The van der Waals surface area contributed by atoms with Gasteiger partial charge in [-0.15, -0.1) is 0 Å². The molecule has 22 heavy (non-hydrogen) atoms. The van der Waals surface area contributed by atoms with Crippen LogP contribution < -0.4 is 9.88 Å². The van der Waals surface area contributed by atoms with E-state index >= 15 is 0 Å². The first-order chi connectivity index (χ1) is 10.6. The average molecular weight is 318 g/mol. The second kappa shape index (κ2) is 7.95. The Labute approximate surface area is 136 Å². The van der Waals surface area contributed by atoms with Gasteiger partial charge in [-0.2, -0.15) is 4.57 Å².